The van der Waals surface area contributed by atoms with Crippen LogP contribution in [0.4, 0.5) is 0 Å². The summed E-state index contributed by atoms with van der Waals surface area (Å²) >= 11 is 0. The van der Waals surface area contributed by atoms with Gasteiger partial charge < -0.3 is 28.4 Å². The molecule has 0 atom stereocenters. The number of fused-ring (bicyclic) bond motifs is 1. The summed E-state index contributed by atoms with van der Waals surface area (Å²) in [5.41, 5.74) is 1.97. The van der Waals surface area contributed by atoms with Crippen molar-refractivity contribution in [1.82, 2.24) is 5.32 Å². The molecule has 2 heterocycles. The maximum absolute atomic E-state index is 13.1. The molecule has 0 saturated heterocycles. The van der Waals surface area contributed by atoms with E-state index in [0.29, 0.717) is 41.2 Å². The molecule has 4 rings (SSSR count). The number of benzene rings is 2. The summed E-state index contributed by atoms with van der Waals surface area (Å²) in [5, 5.41) is 3.16. The first kappa shape index (κ1) is 23.0. The Morgan fingerprint density at radius 3 is 2.59 bits per heavy atom. The number of carbonyl (C=O) groups excluding carboxylic acids is 1. The first-order valence-corrected chi connectivity index (χ1v) is 10.7. The van der Waals surface area contributed by atoms with Crippen LogP contribution in [0.3, 0.4) is 0 Å². The summed E-state index contributed by atoms with van der Waals surface area (Å²) < 4.78 is 27.5. The molecule has 0 spiro atoms. The van der Waals surface area contributed by atoms with Crippen LogP contribution in [0.15, 0.2) is 68.4 Å². The lowest BCUT2D eigenvalue weighted by molar-refractivity contribution is -0.123. The first-order valence-electron chi connectivity index (χ1n) is 10.7. The molecule has 8 heteroatoms. The zero-order valence-electron chi connectivity index (χ0n) is 19.2. The summed E-state index contributed by atoms with van der Waals surface area (Å²) in [6.07, 6.45) is 2.06. The van der Waals surface area contributed by atoms with Crippen molar-refractivity contribution in [3.8, 4) is 28.8 Å². The monoisotopic (exact) mass is 463 g/mol. The number of hydrogen-bond donors (Lipinski definition) is 1. The zero-order chi connectivity index (χ0) is 24.1. The van der Waals surface area contributed by atoms with Crippen LogP contribution in [0, 0.1) is 6.92 Å². The molecule has 0 aliphatic heterocycles. The molecule has 1 N–H and O–H groups in total. The number of carbonyl (C=O) groups is 1. The molecule has 0 aliphatic carbocycles. The molecular weight excluding hydrogens is 438 g/mol. The molecule has 0 fully saturated rings. The fourth-order valence-corrected chi connectivity index (χ4v) is 3.56. The first-order chi connectivity index (χ1) is 16.5. The molecule has 2 aromatic heterocycles. The molecule has 1 amide bonds. The Hall–Kier alpha value is -4.20. The van der Waals surface area contributed by atoms with Gasteiger partial charge in [0.05, 0.1) is 25.9 Å². The molecule has 2 aromatic carbocycles. The van der Waals surface area contributed by atoms with E-state index in [1.807, 2.05) is 31.2 Å². The van der Waals surface area contributed by atoms with E-state index in [9.17, 15) is 9.59 Å². The largest absolute Gasteiger partial charge is 0.493 e. The standard InChI is InChI=1S/C26H25NO7/c1-16-6-8-18-21(13-16)34-25(20-5-4-12-32-20)26(24(18)29)33-15-23(28)27-11-10-17-7-9-19(30-2)22(14-17)31-3/h4-9,12-14H,10-11,15H2,1-3H3,(H,27,28). The Morgan fingerprint density at radius 1 is 1.03 bits per heavy atom. The second-order valence-corrected chi connectivity index (χ2v) is 7.64. The van der Waals surface area contributed by atoms with Gasteiger partial charge in [0.2, 0.25) is 16.9 Å². The number of aryl methyl sites for hydroxylation is 1. The third kappa shape index (κ3) is 4.91. The zero-order valence-corrected chi connectivity index (χ0v) is 19.2. The average Bonchev–Trinajstić information content (AvgIpc) is 3.38. The van der Waals surface area contributed by atoms with Crippen LogP contribution in [0.1, 0.15) is 11.1 Å². The van der Waals surface area contributed by atoms with Gasteiger partial charge in [0, 0.05) is 6.54 Å². The van der Waals surface area contributed by atoms with Gasteiger partial charge in [-0.25, -0.2) is 0 Å². The minimum atomic E-state index is -0.370. The van der Waals surface area contributed by atoms with E-state index in [4.69, 9.17) is 23.0 Å². The number of nitrogens with one attached hydrogen (secondary N) is 1. The highest BCUT2D eigenvalue weighted by Gasteiger charge is 2.20. The van der Waals surface area contributed by atoms with Crippen molar-refractivity contribution in [1.29, 1.82) is 0 Å². The van der Waals surface area contributed by atoms with Crippen molar-refractivity contribution >= 4 is 16.9 Å². The summed E-state index contributed by atoms with van der Waals surface area (Å²) in [7, 11) is 3.15. The maximum atomic E-state index is 13.1. The van der Waals surface area contributed by atoms with E-state index in [0.717, 1.165) is 11.1 Å². The summed E-state index contributed by atoms with van der Waals surface area (Å²) in [5.74, 6) is 1.31. The summed E-state index contributed by atoms with van der Waals surface area (Å²) in [6, 6.07) is 14.2. The highest BCUT2D eigenvalue weighted by atomic mass is 16.5. The van der Waals surface area contributed by atoms with E-state index in [1.165, 1.54) is 6.26 Å². The smallest absolute Gasteiger partial charge is 0.257 e. The van der Waals surface area contributed by atoms with E-state index < -0.39 is 0 Å². The lowest BCUT2D eigenvalue weighted by atomic mass is 10.1. The van der Waals surface area contributed by atoms with Crippen LogP contribution in [0.5, 0.6) is 17.2 Å². The van der Waals surface area contributed by atoms with Gasteiger partial charge in [-0.1, -0.05) is 12.1 Å². The van der Waals surface area contributed by atoms with Crippen LogP contribution < -0.4 is 25.0 Å². The van der Waals surface area contributed by atoms with Crippen molar-refractivity contribution in [3.05, 3.63) is 76.1 Å². The number of rotatable bonds is 9. The van der Waals surface area contributed by atoms with E-state index in [2.05, 4.69) is 5.32 Å². The summed E-state index contributed by atoms with van der Waals surface area (Å²) in [6.45, 7) is 1.94. The maximum Gasteiger partial charge on any atom is 0.257 e. The van der Waals surface area contributed by atoms with Gasteiger partial charge in [0.1, 0.15) is 5.58 Å². The van der Waals surface area contributed by atoms with Crippen LogP contribution in [-0.4, -0.2) is 33.3 Å². The molecule has 0 saturated carbocycles. The third-order valence-corrected chi connectivity index (χ3v) is 5.28. The predicted molar refractivity (Wildman–Crippen MR) is 127 cm³/mol. The fraction of sp³-hybridized carbons (Fsp3) is 0.231. The molecule has 34 heavy (non-hydrogen) atoms. The number of furan rings is 1. The molecule has 176 valence electrons. The number of hydrogen-bond acceptors (Lipinski definition) is 7. The second kappa shape index (κ2) is 10.2. The molecule has 0 bridgehead atoms. The van der Waals surface area contributed by atoms with Gasteiger partial charge in [-0.05, 0) is 60.9 Å². The Balaban J connectivity index is 1.45. The number of amides is 1. The van der Waals surface area contributed by atoms with E-state index in [1.54, 1.807) is 38.5 Å². The fourth-order valence-electron chi connectivity index (χ4n) is 3.56. The molecule has 0 aliphatic rings. The van der Waals surface area contributed by atoms with Gasteiger partial charge in [-0.2, -0.15) is 0 Å². The van der Waals surface area contributed by atoms with Gasteiger partial charge >= 0.3 is 0 Å². The number of methoxy groups -OCH3 is 2. The highest BCUT2D eigenvalue weighted by Crippen LogP contribution is 2.31. The van der Waals surface area contributed by atoms with Crippen molar-refractivity contribution < 1.29 is 27.8 Å². The molecular formula is C26H25NO7. The Bertz CT molecular complexity index is 1360. The lowest BCUT2D eigenvalue weighted by Gasteiger charge is -2.12. The number of ether oxygens (including phenoxy) is 3. The molecule has 8 nitrogen and oxygen atoms in total. The lowest BCUT2D eigenvalue weighted by Crippen LogP contribution is -2.31. The van der Waals surface area contributed by atoms with Crippen molar-refractivity contribution in [2.75, 3.05) is 27.4 Å². The van der Waals surface area contributed by atoms with Gasteiger partial charge in [-0.15, -0.1) is 0 Å². The highest BCUT2D eigenvalue weighted by molar-refractivity contribution is 5.82. The van der Waals surface area contributed by atoms with Crippen LogP contribution in [0.2, 0.25) is 0 Å². The van der Waals surface area contributed by atoms with Crippen LogP contribution in [-0.2, 0) is 11.2 Å². The van der Waals surface area contributed by atoms with Crippen LogP contribution in [0.25, 0.3) is 22.5 Å². The Morgan fingerprint density at radius 2 is 1.85 bits per heavy atom. The minimum Gasteiger partial charge on any atom is -0.493 e. The SMILES string of the molecule is COc1ccc(CCNC(=O)COc2c(-c3ccco3)oc3cc(C)ccc3c2=O)cc1OC. The normalized spacial score (nSPS) is 10.8. The topological polar surface area (TPSA) is 100 Å². The van der Waals surface area contributed by atoms with Gasteiger partial charge in [0.25, 0.3) is 5.91 Å². The minimum absolute atomic E-state index is 0.0682. The van der Waals surface area contributed by atoms with Gasteiger partial charge in [-0.3, -0.25) is 9.59 Å². The third-order valence-electron chi connectivity index (χ3n) is 5.28. The van der Waals surface area contributed by atoms with E-state index >= 15 is 0 Å². The molecule has 0 unspecified atom stereocenters. The molecule has 4 aromatic rings. The second-order valence-electron chi connectivity index (χ2n) is 7.64. The summed E-state index contributed by atoms with van der Waals surface area (Å²) in [4.78, 5) is 25.5. The molecule has 0 radical (unpaired) electrons. The van der Waals surface area contributed by atoms with Gasteiger partial charge in [0.15, 0.2) is 23.9 Å². The van der Waals surface area contributed by atoms with Crippen molar-refractivity contribution in [2.24, 2.45) is 0 Å². The quantitative estimate of drug-likeness (QED) is 0.399. The van der Waals surface area contributed by atoms with E-state index in [-0.39, 0.29) is 29.5 Å². The van der Waals surface area contributed by atoms with Crippen molar-refractivity contribution in [3.63, 3.8) is 0 Å². The Labute approximate surface area is 196 Å². The van der Waals surface area contributed by atoms with Crippen LogP contribution >= 0.6 is 0 Å². The average molecular weight is 463 g/mol. The van der Waals surface area contributed by atoms with Crippen molar-refractivity contribution in [2.45, 2.75) is 13.3 Å². The predicted octanol–water partition coefficient (Wildman–Crippen LogP) is 4.12. The Kier molecular flexibility index (Phi) is 6.87.